The van der Waals surface area contributed by atoms with Gasteiger partial charge in [0.1, 0.15) is 0 Å². The molecule has 0 unspecified atom stereocenters. The molecule has 0 saturated heterocycles. The number of rotatable bonds is 5. The summed E-state index contributed by atoms with van der Waals surface area (Å²) in [6.07, 6.45) is -0.494. The Kier molecular flexibility index (Phi) is 4.86. The van der Waals surface area contributed by atoms with E-state index in [1.807, 2.05) is 0 Å². The predicted molar refractivity (Wildman–Crippen MR) is 75.6 cm³/mol. The SMILES string of the molecule is CCOC(=O)NCCN(C(C)=O)c1ccc2c(c1)OCO2. The molecule has 0 radical (unpaired) electrons. The van der Waals surface area contributed by atoms with Crippen molar-refractivity contribution in [3.05, 3.63) is 18.2 Å². The van der Waals surface area contributed by atoms with Gasteiger partial charge in [0.15, 0.2) is 11.5 Å². The molecule has 0 aromatic heterocycles. The second-order valence-electron chi connectivity index (χ2n) is 4.36. The van der Waals surface area contributed by atoms with E-state index in [1.54, 1.807) is 30.0 Å². The maximum Gasteiger partial charge on any atom is 0.407 e. The lowest BCUT2D eigenvalue weighted by atomic mass is 10.2. The quantitative estimate of drug-likeness (QED) is 0.890. The molecular weight excluding hydrogens is 276 g/mol. The molecule has 2 rings (SSSR count). The van der Waals surface area contributed by atoms with E-state index in [0.717, 1.165) is 0 Å². The van der Waals surface area contributed by atoms with Crippen LogP contribution in [0.2, 0.25) is 0 Å². The molecule has 1 aromatic carbocycles. The molecule has 1 aromatic rings. The summed E-state index contributed by atoms with van der Waals surface area (Å²) >= 11 is 0. The van der Waals surface area contributed by atoms with Gasteiger partial charge in [0.2, 0.25) is 12.7 Å². The molecule has 1 heterocycles. The Bertz CT molecular complexity index is 532. The molecule has 0 fully saturated rings. The van der Waals surface area contributed by atoms with Crippen LogP contribution < -0.4 is 19.7 Å². The molecule has 7 nitrogen and oxygen atoms in total. The Morgan fingerprint density at radius 3 is 2.81 bits per heavy atom. The van der Waals surface area contributed by atoms with Crippen LogP contribution in [0.25, 0.3) is 0 Å². The number of amides is 2. The van der Waals surface area contributed by atoms with Crippen molar-refractivity contribution in [2.75, 3.05) is 31.4 Å². The van der Waals surface area contributed by atoms with E-state index >= 15 is 0 Å². The summed E-state index contributed by atoms with van der Waals surface area (Å²) < 4.78 is 15.3. The lowest BCUT2D eigenvalue weighted by Crippen LogP contribution is -2.37. The Labute approximate surface area is 122 Å². The minimum atomic E-state index is -0.494. The maximum atomic E-state index is 11.8. The number of hydrogen-bond acceptors (Lipinski definition) is 5. The standard InChI is InChI=1S/C14H18N2O5/c1-3-19-14(18)15-6-7-16(10(2)17)11-4-5-12-13(8-11)21-9-20-12/h4-5,8H,3,6-7,9H2,1-2H3,(H,15,18). The van der Waals surface area contributed by atoms with Gasteiger partial charge >= 0.3 is 6.09 Å². The van der Waals surface area contributed by atoms with Gasteiger partial charge in [-0.1, -0.05) is 0 Å². The number of fused-ring (bicyclic) bond motifs is 1. The van der Waals surface area contributed by atoms with Gasteiger partial charge < -0.3 is 24.4 Å². The molecule has 114 valence electrons. The third-order valence-corrected chi connectivity index (χ3v) is 2.93. The number of hydrogen-bond donors (Lipinski definition) is 1. The Morgan fingerprint density at radius 2 is 2.10 bits per heavy atom. The minimum absolute atomic E-state index is 0.125. The Balaban J connectivity index is 1.99. The van der Waals surface area contributed by atoms with Crippen LogP contribution in [0.3, 0.4) is 0 Å². The predicted octanol–water partition coefficient (Wildman–Crippen LogP) is 1.51. The summed E-state index contributed by atoms with van der Waals surface area (Å²) in [6.45, 7) is 4.33. The van der Waals surface area contributed by atoms with Gasteiger partial charge in [-0.2, -0.15) is 0 Å². The third-order valence-electron chi connectivity index (χ3n) is 2.93. The van der Waals surface area contributed by atoms with Gasteiger partial charge in [-0.3, -0.25) is 4.79 Å². The van der Waals surface area contributed by atoms with Gasteiger partial charge in [0.05, 0.1) is 6.61 Å². The fraction of sp³-hybridized carbons (Fsp3) is 0.429. The normalized spacial score (nSPS) is 11.9. The number of carbonyl (C=O) groups is 2. The van der Waals surface area contributed by atoms with Crippen molar-refractivity contribution in [3.63, 3.8) is 0 Å². The van der Waals surface area contributed by atoms with E-state index in [-0.39, 0.29) is 12.7 Å². The van der Waals surface area contributed by atoms with Crippen LogP contribution in [-0.4, -0.2) is 38.5 Å². The molecule has 21 heavy (non-hydrogen) atoms. The first-order chi connectivity index (χ1) is 10.1. The summed E-state index contributed by atoms with van der Waals surface area (Å²) in [5, 5.41) is 2.58. The number of ether oxygens (including phenoxy) is 3. The van der Waals surface area contributed by atoms with Crippen LogP contribution in [0, 0.1) is 0 Å². The first kappa shape index (κ1) is 15.0. The highest BCUT2D eigenvalue weighted by atomic mass is 16.7. The zero-order chi connectivity index (χ0) is 15.2. The van der Waals surface area contributed by atoms with Crippen LogP contribution in [0.1, 0.15) is 13.8 Å². The van der Waals surface area contributed by atoms with E-state index in [9.17, 15) is 9.59 Å². The molecule has 1 aliphatic heterocycles. The highest BCUT2D eigenvalue weighted by Gasteiger charge is 2.18. The van der Waals surface area contributed by atoms with E-state index in [2.05, 4.69) is 5.32 Å². The first-order valence-corrected chi connectivity index (χ1v) is 6.70. The van der Waals surface area contributed by atoms with Crippen molar-refractivity contribution in [3.8, 4) is 11.5 Å². The lowest BCUT2D eigenvalue weighted by Gasteiger charge is -2.21. The summed E-state index contributed by atoms with van der Waals surface area (Å²) in [7, 11) is 0. The number of anilines is 1. The molecule has 0 saturated carbocycles. The van der Waals surface area contributed by atoms with Crippen molar-refractivity contribution in [1.82, 2.24) is 5.32 Å². The zero-order valence-electron chi connectivity index (χ0n) is 12.0. The fourth-order valence-electron chi connectivity index (χ4n) is 1.97. The van der Waals surface area contributed by atoms with Crippen molar-refractivity contribution in [1.29, 1.82) is 0 Å². The largest absolute Gasteiger partial charge is 0.454 e. The van der Waals surface area contributed by atoms with Gasteiger partial charge in [-0.05, 0) is 19.1 Å². The van der Waals surface area contributed by atoms with Crippen LogP contribution in [0.5, 0.6) is 11.5 Å². The molecule has 1 aliphatic rings. The molecule has 0 bridgehead atoms. The smallest absolute Gasteiger partial charge is 0.407 e. The van der Waals surface area contributed by atoms with E-state index in [4.69, 9.17) is 14.2 Å². The third kappa shape index (κ3) is 3.77. The lowest BCUT2D eigenvalue weighted by molar-refractivity contribution is -0.116. The van der Waals surface area contributed by atoms with E-state index < -0.39 is 6.09 Å². The second-order valence-corrected chi connectivity index (χ2v) is 4.36. The number of nitrogens with one attached hydrogen (secondary N) is 1. The minimum Gasteiger partial charge on any atom is -0.454 e. The molecule has 7 heteroatoms. The van der Waals surface area contributed by atoms with Gasteiger partial charge in [0, 0.05) is 31.8 Å². The van der Waals surface area contributed by atoms with Crippen molar-refractivity contribution >= 4 is 17.7 Å². The van der Waals surface area contributed by atoms with Gasteiger partial charge in [-0.25, -0.2) is 4.79 Å². The van der Waals surface area contributed by atoms with Gasteiger partial charge in [-0.15, -0.1) is 0 Å². The van der Waals surface area contributed by atoms with Crippen LogP contribution in [0.4, 0.5) is 10.5 Å². The van der Waals surface area contributed by atoms with Crippen LogP contribution in [-0.2, 0) is 9.53 Å². The topological polar surface area (TPSA) is 77.1 Å². The summed E-state index contributed by atoms with van der Waals surface area (Å²) in [6, 6.07) is 5.28. The summed E-state index contributed by atoms with van der Waals surface area (Å²) in [4.78, 5) is 24.5. The van der Waals surface area contributed by atoms with Crippen LogP contribution in [0.15, 0.2) is 18.2 Å². The molecule has 0 aliphatic carbocycles. The number of nitrogens with zero attached hydrogens (tertiary/aromatic N) is 1. The highest BCUT2D eigenvalue weighted by molar-refractivity contribution is 5.92. The average Bonchev–Trinajstić information content (AvgIpc) is 2.90. The Hall–Kier alpha value is -2.44. The molecular formula is C14H18N2O5. The monoisotopic (exact) mass is 294 g/mol. The number of carbonyl (C=O) groups excluding carboxylic acids is 2. The zero-order valence-corrected chi connectivity index (χ0v) is 12.0. The average molecular weight is 294 g/mol. The van der Waals surface area contributed by atoms with Gasteiger partial charge in [0.25, 0.3) is 0 Å². The molecule has 2 amide bonds. The fourth-order valence-corrected chi connectivity index (χ4v) is 1.97. The highest BCUT2D eigenvalue weighted by Crippen LogP contribution is 2.35. The number of alkyl carbamates (subject to hydrolysis) is 1. The van der Waals surface area contributed by atoms with E-state index in [1.165, 1.54) is 6.92 Å². The maximum absolute atomic E-state index is 11.8. The van der Waals surface area contributed by atoms with Crippen molar-refractivity contribution in [2.45, 2.75) is 13.8 Å². The number of benzene rings is 1. The van der Waals surface area contributed by atoms with Crippen molar-refractivity contribution < 1.29 is 23.8 Å². The first-order valence-electron chi connectivity index (χ1n) is 6.70. The Morgan fingerprint density at radius 1 is 1.33 bits per heavy atom. The summed E-state index contributed by atoms with van der Waals surface area (Å²) in [5.41, 5.74) is 0.692. The van der Waals surface area contributed by atoms with E-state index in [0.29, 0.717) is 36.9 Å². The second kappa shape index (κ2) is 6.83. The summed E-state index contributed by atoms with van der Waals surface area (Å²) in [5.74, 6) is 1.14. The molecule has 0 atom stereocenters. The molecule has 1 N–H and O–H groups in total. The van der Waals surface area contributed by atoms with Crippen LogP contribution >= 0.6 is 0 Å². The molecule has 0 spiro atoms. The van der Waals surface area contributed by atoms with Crippen molar-refractivity contribution in [2.24, 2.45) is 0 Å².